The van der Waals surface area contributed by atoms with E-state index in [1.54, 1.807) is 0 Å². The zero-order valence-electron chi connectivity index (χ0n) is 6.56. The number of carbonyl (C=O) groups is 1. The van der Waals surface area contributed by atoms with Gasteiger partial charge in [-0.15, -0.1) is 0 Å². The Balaban J connectivity index is 2.76. The first-order valence-electron chi connectivity index (χ1n) is 3.80. The summed E-state index contributed by atoms with van der Waals surface area (Å²) in [6, 6.07) is 0. The van der Waals surface area contributed by atoms with Gasteiger partial charge < -0.3 is 4.74 Å². The van der Waals surface area contributed by atoms with Gasteiger partial charge in [-0.05, 0) is 12.8 Å². The molecule has 1 rings (SSSR count). The van der Waals surface area contributed by atoms with Gasteiger partial charge in [-0.25, -0.2) is 8.78 Å². The molecule has 0 aromatic rings. The molecule has 0 aromatic carbocycles. The highest BCUT2D eigenvalue weighted by Gasteiger charge is 2.54. The van der Waals surface area contributed by atoms with Crippen molar-refractivity contribution in [1.82, 2.24) is 0 Å². The van der Waals surface area contributed by atoms with Gasteiger partial charge in [0.1, 0.15) is 0 Å². The van der Waals surface area contributed by atoms with Gasteiger partial charge in [-0.2, -0.15) is 0 Å². The van der Waals surface area contributed by atoms with Gasteiger partial charge in [0.15, 0.2) is 0 Å². The maximum Gasteiger partial charge on any atom is 0.300 e. The lowest BCUT2D eigenvalue weighted by Crippen LogP contribution is -2.59. The van der Waals surface area contributed by atoms with Crippen LogP contribution in [-0.4, -0.2) is 18.1 Å². The second kappa shape index (κ2) is 2.97. The number of ether oxygens (including phenoxy) is 1. The molecule has 0 aliphatic heterocycles. The first kappa shape index (κ1) is 9.38. The summed E-state index contributed by atoms with van der Waals surface area (Å²) >= 11 is 0. The van der Waals surface area contributed by atoms with Crippen LogP contribution in [0.3, 0.4) is 0 Å². The lowest BCUT2D eigenvalue weighted by molar-refractivity contribution is -0.215. The topological polar surface area (TPSA) is 52.3 Å². The summed E-state index contributed by atoms with van der Waals surface area (Å²) in [6.45, 7) is -0.0147. The SMILES string of the molecule is NC1(OC=O)CCCCC1(F)F. The molecule has 1 fully saturated rings. The number of hydrogen-bond donors (Lipinski definition) is 1. The molecule has 5 heteroatoms. The predicted octanol–water partition coefficient (Wildman–Crippen LogP) is 1.02. The molecule has 70 valence electrons. The van der Waals surface area contributed by atoms with Gasteiger partial charge in [-0.1, -0.05) is 0 Å². The standard InChI is InChI=1S/C7H11F2NO2/c8-6(9)3-1-2-4-7(6,10)12-5-11/h5H,1-4,10H2. The van der Waals surface area contributed by atoms with E-state index in [4.69, 9.17) is 5.73 Å². The van der Waals surface area contributed by atoms with Crippen molar-refractivity contribution in [2.24, 2.45) is 5.73 Å². The van der Waals surface area contributed by atoms with Crippen molar-refractivity contribution in [3.05, 3.63) is 0 Å². The second-order valence-electron chi connectivity index (χ2n) is 3.02. The highest BCUT2D eigenvalue weighted by Crippen LogP contribution is 2.40. The number of halogens is 2. The molecule has 12 heavy (non-hydrogen) atoms. The van der Waals surface area contributed by atoms with E-state index in [1.165, 1.54) is 0 Å². The highest BCUT2D eigenvalue weighted by atomic mass is 19.3. The fraction of sp³-hybridized carbons (Fsp3) is 0.857. The summed E-state index contributed by atoms with van der Waals surface area (Å²) < 4.78 is 30.3. The summed E-state index contributed by atoms with van der Waals surface area (Å²) in [7, 11) is 0. The molecular weight excluding hydrogens is 168 g/mol. The number of carbonyl (C=O) groups excluding carboxylic acids is 1. The molecule has 1 aliphatic carbocycles. The van der Waals surface area contributed by atoms with Crippen LogP contribution in [0.25, 0.3) is 0 Å². The van der Waals surface area contributed by atoms with Crippen LogP contribution in [-0.2, 0) is 9.53 Å². The van der Waals surface area contributed by atoms with Crippen LogP contribution in [0.4, 0.5) is 8.78 Å². The Hall–Kier alpha value is -0.710. The summed E-state index contributed by atoms with van der Waals surface area (Å²) in [5.41, 5.74) is 3.17. The zero-order chi connectivity index (χ0) is 9.24. The van der Waals surface area contributed by atoms with Crippen molar-refractivity contribution in [1.29, 1.82) is 0 Å². The quantitative estimate of drug-likeness (QED) is 0.508. The summed E-state index contributed by atoms with van der Waals surface area (Å²) in [5, 5.41) is 0. The molecule has 1 unspecified atom stereocenters. The van der Waals surface area contributed by atoms with Crippen molar-refractivity contribution in [3.63, 3.8) is 0 Å². The van der Waals surface area contributed by atoms with Crippen LogP contribution in [0.2, 0.25) is 0 Å². The van der Waals surface area contributed by atoms with E-state index >= 15 is 0 Å². The number of rotatable bonds is 2. The molecular formula is C7H11F2NO2. The Morgan fingerprint density at radius 3 is 2.42 bits per heavy atom. The van der Waals surface area contributed by atoms with Crippen LogP contribution in [0.15, 0.2) is 0 Å². The van der Waals surface area contributed by atoms with Crippen LogP contribution >= 0.6 is 0 Å². The molecule has 0 heterocycles. The molecule has 0 saturated heterocycles. The lowest BCUT2D eigenvalue weighted by atomic mass is 9.88. The third kappa shape index (κ3) is 1.41. The molecule has 0 aromatic heterocycles. The van der Waals surface area contributed by atoms with Gasteiger partial charge in [-0.3, -0.25) is 10.5 Å². The zero-order valence-corrected chi connectivity index (χ0v) is 6.56. The number of alkyl halides is 2. The van der Waals surface area contributed by atoms with Gasteiger partial charge in [0.25, 0.3) is 12.4 Å². The smallest absolute Gasteiger partial charge is 0.300 e. The minimum absolute atomic E-state index is 0.0147. The average molecular weight is 179 g/mol. The fourth-order valence-electron chi connectivity index (χ4n) is 1.36. The number of hydrogen-bond acceptors (Lipinski definition) is 3. The van der Waals surface area contributed by atoms with Crippen LogP contribution in [0.1, 0.15) is 25.7 Å². The Morgan fingerprint density at radius 2 is 1.92 bits per heavy atom. The molecule has 1 saturated carbocycles. The maximum atomic E-state index is 13.0. The van der Waals surface area contributed by atoms with Gasteiger partial charge >= 0.3 is 0 Å². The van der Waals surface area contributed by atoms with Gasteiger partial charge in [0.05, 0.1) is 0 Å². The van der Waals surface area contributed by atoms with Crippen molar-refractivity contribution < 1.29 is 18.3 Å². The van der Waals surface area contributed by atoms with E-state index in [-0.39, 0.29) is 19.3 Å². The van der Waals surface area contributed by atoms with Crippen LogP contribution in [0.5, 0.6) is 0 Å². The predicted molar refractivity (Wildman–Crippen MR) is 37.5 cm³/mol. The van der Waals surface area contributed by atoms with Crippen molar-refractivity contribution in [3.8, 4) is 0 Å². The Bertz CT molecular complexity index is 186. The third-order valence-corrected chi connectivity index (χ3v) is 2.17. The second-order valence-corrected chi connectivity index (χ2v) is 3.02. The molecule has 3 nitrogen and oxygen atoms in total. The average Bonchev–Trinajstić information content (AvgIpc) is 1.96. The Morgan fingerprint density at radius 1 is 1.33 bits per heavy atom. The fourth-order valence-corrected chi connectivity index (χ4v) is 1.36. The van der Waals surface area contributed by atoms with E-state index in [2.05, 4.69) is 4.74 Å². The molecule has 0 spiro atoms. The number of nitrogens with two attached hydrogens (primary N) is 1. The van der Waals surface area contributed by atoms with E-state index in [0.717, 1.165) is 0 Å². The summed E-state index contributed by atoms with van der Waals surface area (Å²) in [6.07, 6.45) is 0.712. The van der Waals surface area contributed by atoms with E-state index in [9.17, 15) is 13.6 Å². The Labute approximate surface area is 68.9 Å². The Kier molecular flexibility index (Phi) is 2.32. The van der Waals surface area contributed by atoms with Crippen LogP contribution < -0.4 is 5.73 Å². The molecule has 0 amide bonds. The van der Waals surface area contributed by atoms with E-state index in [0.29, 0.717) is 12.8 Å². The lowest BCUT2D eigenvalue weighted by Gasteiger charge is -2.38. The molecule has 0 radical (unpaired) electrons. The van der Waals surface area contributed by atoms with Crippen LogP contribution in [0, 0.1) is 0 Å². The molecule has 0 bridgehead atoms. The molecule has 1 atom stereocenters. The largest absolute Gasteiger partial charge is 0.440 e. The van der Waals surface area contributed by atoms with Crippen molar-refractivity contribution in [2.45, 2.75) is 37.3 Å². The van der Waals surface area contributed by atoms with E-state index in [1.807, 2.05) is 0 Å². The van der Waals surface area contributed by atoms with Gasteiger partial charge in [0.2, 0.25) is 5.72 Å². The van der Waals surface area contributed by atoms with E-state index < -0.39 is 11.6 Å². The highest BCUT2D eigenvalue weighted by molar-refractivity contribution is 5.38. The first-order chi connectivity index (χ1) is 5.52. The molecule has 1 aliphatic rings. The normalized spacial score (nSPS) is 34.2. The van der Waals surface area contributed by atoms with Crippen molar-refractivity contribution in [2.75, 3.05) is 0 Å². The van der Waals surface area contributed by atoms with Crippen molar-refractivity contribution >= 4 is 6.47 Å². The summed E-state index contributed by atoms with van der Waals surface area (Å²) in [5.74, 6) is -3.09. The summed E-state index contributed by atoms with van der Waals surface area (Å²) in [4.78, 5) is 9.93. The maximum absolute atomic E-state index is 13.0. The minimum atomic E-state index is -3.09. The van der Waals surface area contributed by atoms with Gasteiger partial charge in [0, 0.05) is 12.8 Å². The minimum Gasteiger partial charge on any atom is -0.440 e. The monoisotopic (exact) mass is 179 g/mol. The first-order valence-corrected chi connectivity index (χ1v) is 3.80. The molecule has 2 N–H and O–H groups in total. The third-order valence-electron chi connectivity index (χ3n) is 2.17.